The fourth-order valence-electron chi connectivity index (χ4n) is 3.91. The molecule has 5 nitrogen and oxygen atoms in total. The van der Waals surface area contributed by atoms with Crippen LogP contribution >= 0.6 is 11.6 Å². The highest BCUT2D eigenvalue weighted by Gasteiger charge is 2.25. The number of amides is 1. The van der Waals surface area contributed by atoms with E-state index in [4.69, 9.17) is 21.1 Å². The van der Waals surface area contributed by atoms with Crippen molar-refractivity contribution in [2.75, 3.05) is 26.7 Å². The molecule has 0 bridgehead atoms. The Bertz CT molecular complexity index is 840. The maximum atomic E-state index is 12.7. The number of aryl methyl sites for hydroxylation is 2. The quantitative estimate of drug-likeness (QED) is 0.660. The Morgan fingerprint density at radius 3 is 2.27 bits per heavy atom. The minimum Gasteiger partial charge on any atom is -0.497 e. The Hall–Kier alpha value is -2.24. The number of ether oxygens (including phenoxy) is 2. The van der Waals surface area contributed by atoms with Crippen LogP contribution < -0.4 is 14.8 Å². The molecule has 3 rings (SSSR count). The lowest BCUT2D eigenvalue weighted by atomic mass is 10.1. The van der Waals surface area contributed by atoms with E-state index in [0.29, 0.717) is 12.3 Å². The molecule has 1 aliphatic rings. The fourth-order valence-corrected chi connectivity index (χ4v) is 4.02. The molecule has 0 unspecified atom stereocenters. The minimum absolute atomic E-state index is 0.127. The van der Waals surface area contributed by atoms with Crippen molar-refractivity contribution in [3.63, 3.8) is 0 Å². The lowest BCUT2D eigenvalue weighted by molar-refractivity contribution is -0.127. The van der Waals surface area contributed by atoms with E-state index >= 15 is 0 Å². The van der Waals surface area contributed by atoms with Crippen LogP contribution in [0, 0.1) is 13.8 Å². The molecular weight excluding hydrogens is 400 g/mol. The number of methoxy groups -OCH3 is 1. The molecule has 0 spiro atoms. The van der Waals surface area contributed by atoms with Gasteiger partial charge in [0.15, 0.2) is 6.10 Å². The first-order chi connectivity index (χ1) is 14.4. The van der Waals surface area contributed by atoms with Gasteiger partial charge >= 0.3 is 0 Å². The van der Waals surface area contributed by atoms with Gasteiger partial charge in [0, 0.05) is 11.6 Å². The highest BCUT2D eigenvalue weighted by molar-refractivity contribution is 6.32. The van der Waals surface area contributed by atoms with Gasteiger partial charge in [-0.3, -0.25) is 9.69 Å². The molecule has 1 N–H and O–H groups in total. The topological polar surface area (TPSA) is 50.8 Å². The molecule has 0 radical (unpaired) electrons. The Morgan fingerprint density at radius 2 is 1.70 bits per heavy atom. The Kier molecular flexibility index (Phi) is 7.62. The summed E-state index contributed by atoms with van der Waals surface area (Å²) in [6.45, 7) is 8.26. The number of nitrogens with one attached hydrogen (secondary N) is 1. The van der Waals surface area contributed by atoms with Crippen LogP contribution in [0.4, 0.5) is 0 Å². The number of carbonyl (C=O) groups excluding carboxylic acids is 1. The highest BCUT2D eigenvalue weighted by atomic mass is 35.5. The van der Waals surface area contributed by atoms with E-state index in [9.17, 15) is 4.79 Å². The maximum absolute atomic E-state index is 12.7. The number of rotatable bonds is 8. The zero-order valence-electron chi connectivity index (χ0n) is 18.2. The molecule has 0 aliphatic carbocycles. The van der Waals surface area contributed by atoms with Crippen LogP contribution in [0.1, 0.15) is 42.5 Å². The number of halogens is 1. The van der Waals surface area contributed by atoms with Gasteiger partial charge in [-0.15, -0.1) is 0 Å². The highest BCUT2D eigenvalue weighted by Crippen LogP contribution is 2.28. The van der Waals surface area contributed by atoms with Gasteiger partial charge in [0.25, 0.3) is 5.91 Å². The molecule has 2 atom stereocenters. The van der Waals surface area contributed by atoms with E-state index in [1.807, 2.05) is 38.1 Å². The van der Waals surface area contributed by atoms with Gasteiger partial charge in [0.05, 0.1) is 13.2 Å². The smallest absolute Gasteiger partial charge is 0.260 e. The summed E-state index contributed by atoms with van der Waals surface area (Å²) in [6.07, 6.45) is 1.78. The summed E-state index contributed by atoms with van der Waals surface area (Å²) < 4.78 is 11.2. The first kappa shape index (κ1) is 22.4. The minimum atomic E-state index is -0.597. The molecule has 0 aromatic heterocycles. The van der Waals surface area contributed by atoms with Crippen molar-refractivity contribution in [3.8, 4) is 11.5 Å². The molecule has 1 amide bonds. The second-order valence-corrected chi connectivity index (χ2v) is 8.29. The van der Waals surface area contributed by atoms with Crippen LogP contribution in [0.5, 0.6) is 11.5 Å². The molecular formula is C24H31ClN2O3. The average molecular weight is 431 g/mol. The van der Waals surface area contributed by atoms with Crippen molar-refractivity contribution in [2.24, 2.45) is 0 Å². The normalized spacial score (nSPS) is 16.2. The van der Waals surface area contributed by atoms with Gasteiger partial charge in [-0.05, 0) is 87.7 Å². The van der Waals surface area contributed by atoms with Crippen LogP contribution in [0.2, 0.25) is 5.02 Å². The Labute approximate surface area is 184 Å². The zero-order chi connectivity index (χ0) is 21.7. The molecule has 6 heteroatoms. The van der Waals surface area contributed by atoms with Crippen molar-refractivity contribution in [3.05, 3.63) is 58.1 Å². The summed E-state index contributed by atoms with van der Waals surface area (Å²) >= 11 is 6.23. The van der Waals surface area contributed by atoms with Crippen LogP contribution in [-0.2, 0) is 4.79 Å². The summed E-state index contributed by atoms with van der Waals surface area (Å²) in [7, 11) is 1.66. The van der Waals surface area contributed by atoms with Crippen molar-refractivity contribution < 1.29 is 14.3 Å². The third-order valence-electron chi connectivity index (χ3n) is 5.64. The lowest BCUT2D eigenvalue weighted by Gasteiger charge is -2.29. The number of benzene rings is 2. The SMILES string of the molecule is COc1ccc([C@H](CNC(=O)[C@@H](C)Oc2cc(C)c(Cl)c(C)c2)N2CCCC2)cc1. The van der Waals surface area contributed by atoms with Crippen molar-refractivity contribution >= 4 is 17.5 Å². The summed E-state index contributed by atoms with van der Waals surface area (Å²) in [5, 5.41) is 3.81. The molecule has 162 valence electrons. The summed E-state index contributed by atoms with van der Waals surface area (Å²) in [6, 6.07) is 12.0. The van der Waals surface area contributed by atoms with E-state index < -0.39 is 6.10 Å². The number of hydrogen-bond acceptors (Lipinski definition) is 4. The molecule has 1 fully saturated rings. The van der Waals surface area contributed by atoms with Crippen LogP contribution in [0.25, 0.3) is 0 Å². The lowest BCUT2D eigenvalue weighted by Crippen LogP contribution is -2.42. The standard InChI is InChI=1S/C24H31ClN2O3/c1-16-13-21(14-17(2)23(16)25)30-18(3)24(28)26-15-22(27-11-5-6-12-27)19-7-9-20(29-4)10-8-19/h7-10,13-14,18,22H,5-6,11-12,15H2,1-4H3,(H,26,28)/t18-,22+/m1/s1. The number of likely N-dealkylation sites (tertiary alicyclic amines) is 1. The molecule has 2 aromatic carbocycles. The predicted octanol–water partition coefficient (Wildman–Crippen LogP) is 4.69. The van der Waals surface area contributed by atoms with E-state index in [1.165, 1.54) is 18.4 Å². The van der Waals surface area contributed by atoms with Gasteiger partial charge < -0.3 is 14.8 Å². The van der Waals surface area contributed by atoms with Gasteiger partial charge in [-0.2, -0.15) is 0 Å². The summed E-state index contributed by atoms with van der Waals surface area (Å²) in [5.41, 5.74) is 3.05. The molecule has 1 saturated heterocycles. The Morgan fingerprint density at radius 1 is 1.10 bits per heavy atom. The fraction of sp³-hybridized carbons (Fsp3) is 0.458. The van der Waals surface area contributed by atoms with E-state index in [0.717, 1.165) is 35.0 Å². The zero-order valence-corrected chi connectivity index (χ0v) is 19.0. The first-order valence-electron chi connectivity index (χ1n) is 10.5. The summed E-state index contributed by atoms with van der Waals surface area (Å²) in [5.74, 6) is 1.36. The van der Waals surface area contributed by atoms with E-state index in [2.05, 4.69) is 22.3 Å². The Balaban J connectivity index is 1.64. The largest absolute Gasteiger partial charge is 0.497 e. The number of carbonyl (C=O) groups is 1. The van der Waals surface area contributed by atoms with Gasteiger partial charge in [-0.1, -0.05) is 23.7 Å². The molecule has 1 aliphatic heterocycles. The van der Waals surface area contributed by atoms with Crippen molar-refractivity contribution in [2.45, 2.75) is 45.8 Å². The second-order valence-electron chi connectivity index (χ2n) is 7.91. The molecule has 0 saturated carbocycles. The first-order valence-corrected chi connectivity index (χ1v) is 10.9. The predicted molar refractivity (Wildman–Crippen MR) is 121 cm³/mol. The van der Waals surface area contributed by atoms with Crippen molar-refractivity contribution in [1.82, 2.24) is 10.2 Å². The van der Waals surface area contributed by atoms with Crippen LogP contribution in [-0.4, -0.2) is 43.7 Å². The third-order valence-corrected chi connectivity index (χ3v) is 6.24. The summed E-state index contributed by atoms with van der Waals surface area (Å²) in [4.78, 5) is 15.2. The molecule has 1 heterocycles. The number of hydrogen-bond donors (Lipinski definition) is 1. The second kappa shape index (κ2) is 10.2. The molecule has 30 heavy (non-hydrogen) atoms. The average Bonchev–Trinajstić information content (AvgIpc) is 3.27. The monoisotopic (exact) mass is 430 g/mol. The van der Waals surface area contributed by atoms with E-state index in [-0.39, 0.29) is 11.9 Å². The van der Waals surface area contributed by atoms with Crippen LogP contribution in [0.3, 0.4) is 0 Å². The van der Waals surface area contributed by atoms with Crippen molar-refractivity contribution in [1.29, 1.82) is 0 Å². The van der Waals surface area contributed by atoms with Gasteiger partial charge in [0.2, 0.25) is 0 Å². The van der Waals surface area contributed by atoms with Gasteiger partial charge in [-0.25, -0.2) is 0 Å². The van der Waals surface area contributed by atoms with E-state index in [1.54, 1.807) is 14.0 Å². The maximum Gasteiger partial charge on any atom is 0.260 e. The molecule has 2 aromatic rings. The third kappa shape index (κ3) is 5.46. The van der Waals surface area contributed by atoms with Gasteiger partial charge in [0.1, 0.15) is 11.5 Å². The number of nitrogens with zero attached hydrogens (tertiary/aromatic N) is 1. The van der Waals surface area contributed by atoms with Crippen LogP contribution in [0.15, 0.2) is 36.4 Å².